The van der Waals surface area contributed by atoms with Crippen molar-refractivity contribution in [1.29, 1.82) is 0 Å². The van der Waals surface area contributed by atoms with Gasteiger partial charge in [-0.1, -0.05) is 12.1 Å². The summed E-state index contributed by atoms with van der Waals surface area (Å²) in [6.07, 6.45) is 4.15. The third-order valence-electron chi connectivity index (χ3n) is 3.30. The number of hydrogen-bond donors (Lipinski definition) is 1. The third kappa shape index (κ3) is 1.94. The van der Waals surface area contributed by atoms with Crippen molar-refractivity contribution >= 4 is 5.82 Å². The number of nitrogens with two attached hydrogens (primary N) is 1. The van der Waals surface area contributed by atoms with Crippen molar-refractivity contribution in [3.8, 4) is 11.4 Å². The van der Waals surface area contributed by atoms with Gasteiger partial charge in [-0.2, -0.15) is 0 Å². The van der Waals surface area contributed by atoms with E-state index in [2.05, 4.69) is 9.97 Å². The number of aromatic nitrogens is 2. The minimum atomic E-state index is -0.285. The number of anilines is 1. The standard InChI is InChI=1S/C14H14FN3/c15-10-5-3-4-9(8-10)14-17-12-7-2-1-6-11(12)13(16)18-14/h3-5,8H,1-2,6-7H2,(H2,16,17,18). The molecule has 18 heavy (non-hydrogen) atoms. The van der Waals surface area contributed by atoms with Gasteiger partial charge in [-0.15, -0.1) is 0 Å². The molecule has 1 aromatic heterocycles. The fraction of sp³-hybridized carbons (Fsp3) is 0.286. The van der Waals surface area contributed by atoms with Crippen LogP contribution >= 0.6 is 0 Å². The Bertz CT molecular complexity index is 596. The predicted molar refractivity (Wildman–Crippen MR) is 68.5 cm³/mol. The van der Waals surface area contributed by atoms with E-state index in [9.17, 15) is 4.39 Å². The molecule has 0 bridgehead atoms. The zero-order valence-electron chi connectivity index (χ0n) is 9.99. The summed E-state index contributed by atoms with van der Waals surface area (Å²) in [5, 5.41) is 0. The number of benzene rings is 1. The normalized spacial score (nSPS) is 14.3. The van der Waals surface area contributed by atoms with Crippen LogP contribution in [0.4, 0.5) is 10.2 Å². The second kappa shape index (κ2) is 4.37. The van der Waals surface area contributed by atoms with Crippen LogP contribution in [-0.2, 0) is 12.8 Å². The van der Waals surface area contributed by atoms with Gasteiger partial charge in [-0.25, -0.2) is 14.4 Å². The smallest absolute Gasteiger partial charge is 0.161 e. The maximum atomic E-state index is 13.2. The van der Waals surface area contributed by atoms with E-state index in [4.69, 9.17) is 5.73 Å². The molecular formula is C14H14FN3. The van der Waals surface area contributed by atoms with E-state index in [1.54, 1.807) is 12.1 Å². The highest BCUT2D eigenvalue weighted by Crippen LogP contribution is 2.26. The van der Waals surface area contributed by atoms with Gasteiger partial charge in [0.2, 0.25) is 0 Å². The molecule has 3 nitrogen and oxygen atoms in total. The van der Waals surface area contributed by atoms with Crippen LogP contribution in [0, 0.1) is 5.82 Å². The van der Waals surface area contributed by atoms with Crippen molar-refractivity contribution < 1.29 is 4.39 Å². The average molecular weight is 243 g/mol. The van der Waals surface area contributed by atoms with Crippen molar-refractivity contribution in [2.45, 2.75) is 25.7 Å². The molecule has 0 saturated carbocycles. The summed E-state index contributed by atoms with van der Waals surface area (Å²) in [7, 11) is 0. The van der Waals surface area contributed by atoms with Gasteiger partial charge in [-0.05, 0) is 37.8 Å². The van der Waals surface area contributed by atoms with E-state index in [1.165, 1.54) is 12.1 Å². The number of nitrogen functional groups attached to an aromatic ring is 1. The summed E-state index contributed by atoms with van der Waals surface area (Å²) in [4.78, 5) is 8.83. The molecule has 4 heteroatoms. The molecule has 0 aliphatic heterocycles. The number of nitrogens with zero attached hydrogens (tertiary/aromatic N) is 2. The molecule has 0 unspecified atom stereocenters. The first-order valence-electron chi connectivity index (χ1n) is 6.15. The van der Waals surface area contributed by atoms with Crippen molar-refractivity contribution in [2.24, 2.45) is 0 Å². The molecule has 1 aromatic carbocycles. The maximum absolute atomic E-state index is 13.2. The van der Waals surface area contributed by atoms with Crippen molar-refractivity contribution in [2.75, 3.05) is 5.73 Å². The van der Waals surface area contributed by atoms with E-state index in [0.717, 1.165) is 36.9 Å². The fourth-order valence-corrected chi connectivity index (χ4v) is 2.38. The highest BCUT2D eigenvalue weighted by atomic mass is 19.1. The van der Waals surface area contributed by atoms with Gasteiger partial charge in [0.05, 0.1) is 0 Å². The SMILES string of the molecule is Nc1nc(-c2cccc(F)c2)nc2c1CCCC2. The van der Waals surface area contributed by atoms with E-state index < -0.39 is 0 Å². The summed E-state index contributed by atoms with van der Waals surface area (Å²) in [6, 6.07) is 6.30. The average Bonchev–Trinajstić information content (AvgIpc) is 2.39. The van der Waals surface area contributed by atoms with Gasteiger partial charge in [0.25, 0.3) is 0 Å². The van der Waals surface area contributed by atoms with E-state index in [0.29, 0.717) is 17.2 Å². The molecular weight excluding hydrogens is 229 g/mol. The van der Waals surface area contributed by atoms with E-state index in [-0.39, 0.29) is 5.82 Å². The van der Waals surface area contributed by atoms with Gasteiger partial charge in [0, 0.05) is 16.8 Å². The molecule has 0 atom stereocenters. The van der Waals surface area contributed by atoms with Crippen LogP contribution in [0.25, 0.3) is 11.4 Å². The molecule has 1 aliphatic carbocycles. The summed E-state index contributed by atoms with van der Waals surface area (Å²) >= 11 is 0. The minimum absolute atomic E-state index is 0.285. The molecule has 1 aliphatic rings. The largest absolute Gasteiger partial charge is 0.383 e. The van der Waals surface area contributed by atoms with Gasteiger partial charge < -0.3 is 5.73 Å². The molecule has 0 saturated heterocycles. The van der Waals surface area contributed by atoms with Crippen LogP contribution < -0.4 is 5.73 Å². The molecule has 0 fully saturated rings. The number of halogens is 1. The Morgan fingerprint density at radius 3 is 2.78 bits per heavy atom. The van der Waals surface area contributed by atoms with Crippen LogP contribution in [0.15, 0.2) is 24.3 Å². The Kier molecular flexibility index (Phi) is 2.70. The Balaban J connectivity index is 2.11. The molecule has 2 N–H and O–H groups in total. The summed E-state index contributed by atoms with van der Waals surface area (Å²) in [6.45, 7) is 0. The maximum Gasteiger partial charge on any atom is 0.161 e. The lowest BCUT2D eigenvalue weighted by Crippen LogP contribution is -2.11. The first kappa shape index (κ1) is 11.1. The summed E-state index contributed by atoms with van der Waals surface area (Å²) in [5.74, 6) is 0.777. The Labute approximate surface area is 105 Å². The molecule has 2 aromatic rings. The minimum Gasteiger partial charge on any atom is -0.383 e. The summed E-state index contributed by atoms with van der Waals surface area (Å²) < 4.78 is 13.2. The number of hydrogen-bond acceptors (Lipinski definition) is 3. The van der Waals surface area contributed by atoms with Crippen LogP contribution in [0.5, 0.6) is 0 Å². The van der Waals surface area contributed by atoms with Crippen LogP contribution in [0.1, 0.15) is 24.1 Å². The lowest BCUT2D eigenvalue weighted by Gasteiger charge is -2.17. The van der Waals surface area contributed by atoms with Crippen molar-refractivity contribution in [1.82, 2.24) is 9.97 Å². The number of rotatable bonds is 1. The van der Waals surface area contributed by atoms with E-state index in [1.807, 2.05) is 0 Å². The van der Waals surface area contributed by atoms with Gasteiger partial charge in [0.1, 0.15) is 11.6 Å². The Morgan fingerprint density at radius 1 is 1.11 bits per heavy atom. The molecule has 1 heterocycles. The topological polar surface area (TPSA) is 51.8 Å². The quantitative estimate of drug-likeness (QED) is 0.837. The zero-order valence-corrected chi connectivity index (χ0v) is 9.99. The first-order chi connectivity index (χ1) is 8.74. The molecule has 3 rings (SSSR count). The third-order valence-corrected chi connectivity index (χ3v) is 3.30. The van der Waals surface area contributed by atoms with E-state index >= 15 is 0 Å². The van der Waals surface area contributed by atoms with Crippen molar-refractivity contribution in [3.63, 3.8) is 0 Å². The second-order valence-electron chi connectivity index (χ2n) is 4.58. The van der Waals surface area contributed by atoms with Gasteiger partial charge >= 0.3 is 0 Å². The lowest BCUT2D eigenvalue weighted by atomic mass is 9.96. The van der Waals surface area contributed by atoms with Crippen LogP contribution in [0.2, 0.25) is 0 Å². The first-order valence-corrected chi connectivity index (χ1v) is 6.15. The molecule has 0 amide bonds. The second-order valence-corrected chi connectivity index (χ2v) is 4.58. The Hall–Kier alpha value is -1.97. The molecule has 0 radical (unpaired) electrons. The highest BCUT2D eigenvalue weighted by molar-refractivity contribution is 5.59. The predicted octanol–water partition coefficient (Wildman–Crippen LogP) is 2.74. The highest BCUT2D eigenvalue weighted by Gasteiger charge is 2.16. The van der Waals surface area contributed by atoms with Crippen LogP contribution in [-0.4, -0.2) is 9.97 Å². The Morgan fingerprint density at radius 2 is 1.94 bits per heavy atom. The van der Waals surface area contributed by atoms with Crippen LogP contribution in [0.3, 0.4) is 0 Å². The zero-order chi connectivity index (χ0) is 12.5. The molecule has 92 valence electrons. The number of fused-ring (bicyclic) bond motifs is 1. The van der Waals surface area contributed by atoms with Gasteiger partial charge in [-0.3, -0.25) is 0 Å². The van der Waals surface area contributed by atoms with Gasteiger partial charge in [0.15, 0.2) is 5.82 Å². The lowest BCUT2D eigenvalue weighted by molar-refractivity contribution is 0.628. The fourth-order valence-electron chi connectivity index (χ4n) is 2.38. The molecule has 0 spiro atoms. The summed E-state index contributed by atoms with van der Waals surface area (Å²) in [5.41, 5.74) is 8.74. The monoisotopic (exact) mass is 243 g/mol. The number of aryl methyl sites for hydroxylation is 1. The van der Waals surface area contributed by atoms with Crippen molar-refractivity contribution in [3.05, 3.63) is 41.3 Å².